The summed E-state index contributed by atoms with van der Waals surface area (Å²) < 4.78 is 10.0. The van der Waals surface area contributed by atoms with E-state index in [1.807, 2.05) is 0 Å². The maximum Gasteiger partial charge on any atom is 0.324 e. The molecule has 0 fully saturated rings. The number of hydrogen-bond acceptors (Lipinski definition) is 7. The third-order valence-electron chi connectivity index (χ3n) is 2.94. The van der Waals surface area contributed by atoms with Crippen molar-refractivity contribution < 1.29 is 9.47 Å². The highest BCUT2D eigenvalue weighted by molar-refractivity contribution is 5.27. The second kappa shape index (κ2) is 7.84. The molecule has 1 heterocycles. The van der Waals surface area contributed by atoms with E-state index in [9.17, 15) is 0 Å². The molecule has 1 aromatic heterocycles. The van der Waals surface area contributed by atoms with Crippen molar-refractivity contribution in [2.24, 2.45) is 0 Å². The molecule has 0 amide bonds. The highest BCUT2D eigenvalue weighted by Gasteiger charge is 2.13. The predicted molar refractivity (Wildman–Crippen MR) is 78.4 cm³/mol. The fourth-order valence-corrected chi connectivity index (χ4v) is 2.01. The Kier molecular flexibility index (Phi) is 6.44. The molecule has 0 atom stereocenters. The highest BCUT2D eigenvalue weighted by Crippen LogP contribution is 2.12. The zero-order valence-corrected chi connectivity index (χ0v) is 13.2. The lowest BCUT2D eigenvalue weighted by molar-refractivity contribution is 0.182. The Hall–Kier alpha value is -1.63. The van der Waals surface area contributed by atoms with Crippen molar-refractivity contribution in [3.05, 3.63) is 0 Å². The van der Waals surface area contributed by atoms with Crippen molar-refractivity contribution in [3.8, 4) is 12.0 Å². The minimum absolute atomic E-state index is 0.240. The molecule has 1 aromatic rings. The van der Waals surface area contributed by atoms with Crippen molar-refractivity contribution in [2.75, 3.05) is 32.6 Å². The van der Waals surface area contributed by atoms with Crippen LogP contribution in [0.15, 0.2) is 0 Å². The summed E-state index contributed by atoms with van der Waals surface area (Å²) >= 11 is 0. The van der Waals surface area contributed by atoms with Gasteiger partial charge in [0.15, 0.2) is 0 Å². The van der Waals surface area contributed by atoms with Gasteiger partial charge < -0.3 is 14.8 Å². The minimum atomic E-state index is 0.240. The average molecular weight is 283 g/mol. The van der Waals surface area contributed by atoms with Gasteiger partial charge in [0.1, 0.15) is 0 Å². The molecule has 0 aliphatic carbocycles. The van der Waals surface area contributed by atoms with Crippen LogP contribution >= 0.6 is 0 Å². The quantitative estimate of drug-likeness (QED) is 0.773. The van der Waals surface area contributed by atoms with E-state index >= 15 is 0 Å². The topological polar surface area (TPSA) is 72.4 Å². The van der Waals surface area contributed by atoms with Crippen molar-refractivity contribution in [1.29, 1.82) is 0 Å². The summed E-state index contributed by atoms with van der Waals surface area (Å²) in [6.45, 7) is 10.4. The van der Waals surface area contributed by atoms with Gasteiger partial charge in [-0.2, -0.15) is 9.97 Å². The number of ether oxygens (including phenoxy) is 2. The zero-order valence-electron chi connectivity index (χ0n) is 13.2. The summed E-state index contributed by atoms with van der Waals surface area (Å²) in [5.41, 5.74) is 0. The Balaban J connectivity index is 2.61. The van der Waals surface area contributed by atoms with Crippen molar-refractivity contribution in [2.45, 2.75) is 39.8 Å². The maximum absolute atomic E-state index is 5.01. The van der Waals surface area contributed by atoms with E-state index in [-0.39, 0.29) is 12.0 Å². The highest BCUT2D eigenvalue weighted by atomic mass is 16.5. The number of nitrogens with zero attached hydrogens (tertiary/aromatic N) is 4. The van der Waals surface area contributed by atoms with E-state index in [1.54, 1.807) is 0 Å². The Morgan fingerprint density at radius 3 is 1.85 bits per heavy atom. The smallest absolute Gasteiger partial charge is 0.324 e. The largest absolute Gasteiger partial charge is 0.467 e. The van der Waals surface area contributed by atoms with E-state index in [0.29, 0.717) is 18.0 Å². The molecule has 114 valence electrons. The fraction of sp³-hybridized carbons (Fsp3) is 0.769. The first-order valence-corrected chi connectivity index (χ1v) is 6.81. The Bertz CT molecular complexity index is 381. The van der Waals surface area contributed by atoms with Gasteiger partial charge in [-0.3, -0.25) is 4.90 Å². The lowest BCUT2D eigenvalue weighted by Crippen LogP contribution is -2.40. The van der Waals surface area contributed by atoms with Crippen molar-refractivity contribution in [3.63, 3.8) is 0 Å². The van der Waals surface area contributed by atoms with Crippen molar-refractivity contribution >= 4 is 5.95 Å². The van der Waals surface area contributed by atoms with Crippen LogP contribution in [0.2, 0.25) is 0 Å². The monoisotopic (exact) mass is 283 g/mol. The molecule has 20 heavy (non-hydrogen) atoms. The summed E-state index contributed by atoms with van der Waals surface area (Å²) in [6, 6.07) is 1.48. The van der Waals surface area contributed by atoms with Gasteiger partial charge in [0.2, 0.25) is 5.95 Å². The van der Waals surface area contributed by atoms with Crippen LogP contribution in [0.25, 0.3) is 0 Å². The molecule has 0 saturated heterocycles. The number of hydrogen-bond donors (Lipinski definition) is 1. The SMILES string of the molecule is COc1nc(NCCN(C(C)C)C(C)C)nc(OC)n1. The molecule has 1 rings (SSSR count). The molecule has 0 radical (unpaired) electrons. The van der Waals surface area contributed by atoms with Gasteiger partial charge in [-0.15, -0.1) is 4.98 Å². The molecule has 0 aromatic carbocycles. The minimum Gasteiger partial charge on any atom is -0.467 e. The Morgan fingerprint density at radius 1 is 0.950 bits per heavy atom. The summed E-state index contributed by atoms with van der Waals surface area (Å²) in [4.78, 5) is 14.6. The average Bonchev–Trinajstić information content (AvgIpc) is 2.42. The number of anilines is 1. The Morgan fingerprint density at radius 2 is 1.45 bits per heavy atom. The standard InChI is InChI=1S/C13H25N5O2/c1-9(2)18(10(3)4)8-7-14-11-15-12(19-5)17-13(16-11)20-6/h9-10H,7-8H2,1-6H3,(H,14,15,16,17). The molecular formula is C13H25N5O2. The van der Waals surface area contributed by atoms with Gasteiger partial charge in [-0.05, 0) is 27.7 Å². The van der Waals surface area contributed by atoms with Gasteiger partial charge in [0.05, 0.1) is 14.2 Å². The van der Waals surface area contributed by atoms with Gasteiger partial charge in [0, 0.05) is 25.2 Å². The van der Waals surface area contributed by atoms with Crippen LogP contribution in [0.1, 0.15) is 27.7 Å². The molecule has 1 N–H and O–H groups in total. The molecule has 0 saturated carbocycles. The van der Waals surface area contributed by atoms with Gasteiger partial charge in [-0.1, -0.05) is 0 Å². The van der Waals surface area contributed by atoms with Crippen LogP contribution in [0.5, 0.6) is 12.0 Å². The van der Waals surface area contributed by atoms with E-state index < -0.39 is 0 Å². The molecule has 7 heteroatoms. The number of nitrogens with one attached hydrogen (secondary N) is 1. The lowest BCUT2D eigenvalue weighted by Gasteiger charge is -2.30. The third-order valence-corrected chi connectivity index (χ3v) is 2.94. The third kappa shape index (κ3) is 4.80. The van der Waals surface area contributed by atoms with Crippen molar-refractivity contribution in [1.82, 2.24) is 19.9 Å². The van der Waals surface area contributed by atoms with Gasteiger partial charge >= 0.3 is 12.0 Å². The molecule has 0 unspecified atom stereocenters. The van der Waals surface area contributed by atoms with Crippen LogP contribution in [-0.2, 0) is 0 Å². The maximum atomic E-state index is 5.01. The molecule has 7 nitrogen and oxygen atoms in total. The first kappa shape index (κ1) is 16.4. The number of methoxy groups -OCH3 is 2. The first-order chi connectivity index (χ1) is 9.47. The van der Waals surface area contributed by atoms with Crippen LogP contribution < -0.4 is 14.8 Å². The van der Waals surface area contributed by atoms with Crippen LogP contribution in [0.4, 0.5) is 5.95 Å². The first-order valence-electron chi connectivity index (χ1n) is 6.81. The molecule has 0 aliphatic heterocycles. The normalized spacial score (nSPS) is 11.2. The summed E-state index contributed by atoms with van der Waals surface area (Å²) in [6.07, 6.45) is 0. The second-order valence-corrected chi connectivity index (χ2v) is 4.98. The molecule has 0 bridgehead atoms. The van der Waals surface area contributed by atoms with E-state index in [2.05, 4.69) is 52.9 Å². The van der Waals surface area contributed by atoms with Crippen LogP contribution in [0, 0.1) is 0 Å². The van der Waals surface area contributed by atoms with E-state index in [0.717, 1.165) is 13.1 Å². The van der Waals surface area contributed by atoms with Crippen LogP contribution in [0.3, 0.4) is 0 Å². The Labute approximate surface area is 120 Å². The fourth-order valence-electron chi connectivity index (χ4n) is 2.01. The van der Waals surface area contributed by atoms with Gasteiger partial charge in [-0.25, -0.2) is 0 Å². The number of rotatable bonds is 8. The van der Waals surface area contributed by atoms with E-state index in [1.165, 1.54) is 14.2 Å². The summed E-state index contributed by atoms with van der Waals surface area (Å²) in [5.74, 6) is 0.459. The zero-order chi connectivity index (χ0) is 15.1. The van der Waals surface area contributed by atoms with E-state index in [4.69, 9.17) is 9.47 Å². The molecular weight excluding hydrogens is 258 g/mol. The predicted octanol–water partition coefficient (Wildman–Crippen LogP) is 1.42. The summed E-state index contributed by atoms with van der Waals surface area (Å²) in [7, 11) is 3.02. The van der Waals surface area contributed by atoms with Crippen LogP contribution in [-0.4, -0.2) is 59.2 Å². The molecule has 0 spiro atoms. The number of aromatic nitrogens is 3. The lowest BCUT2D eigenvalue weighted by atomic mass is 10.2. The summed E-state index contributed by atoms with van der Waals surface area (Å²) in [5, 5.41) is 3.17. The van der Waals surface area contributed by atoms with Gasteiger partial charge in [0.25, 0.3) is 0 Å². The molecule has 0 aliphatic rings. The second-order valence-electron chi connectivity index (χ2n) is 4.98.